The molecule has 0 bridgehead atoms. The van der Waals surface area contributed by atoms with Gasteiger partial charge >= 0.3 is 5.51 Å². The van der Waals surface area contributed by atoms with E-state index in [1.807, 2.05) is 0 Å². The van der Waals surface area contributed by atoms with Crippen molar-refractivity contribution in [1.82, 2.24) is 0 Å². The zero-order valence-corrected chi connectivity index (χ0v) is 5.76. The van der Waals surface area contributed by atoms with E-state index >= 15 is 0 Å². The molecule has 0 unspecified atom stereocenters. The van der Waals surface area contributed by atoms with Crippen LogP contribution in [0.25, 0.3) is 0 Å². The van der Waals surface area contributed by atoms with E-state index < -0.39 is 11.4 Å². The average Bonchev–Trinajstić information content (AvgIpc) is 1.59. The number of carbonyl (C=O) groups excluding carboxylic acids is 1. The summed E-state index contributed by atoms with van der Waals surface area (Å²) in [4.78, 5) is 9.93. The Hall–Kier alpha value is -0.390. The third-order valence-corrected chi connectivity index (χ3v) is 1.35. The third kappa shape index (κ3) is 7.61. The molecule has 0 aliphatic rings. The number of amides is 1. The summed E-state index contributed by atoms with van der Waals surface area (Å²) in [7, 11) is 0. The van der Waals surface area contributed by atoms with Gasteiger partial charge in [0.1, 0.15) is 0 Å². The second-order valence-electron chi connectivity index (χ2n) is 1.51. The van der Waals surface area contributed by atoms with Crippen molar-refractivity contribution in [3.05, 3.63) is 0 Å². The molecule has 2 N–H and O–H groups in total. The lowest BCUT2D eigenvalue weighted by molar-refractivity contribution is -0.117. The number of primary amides is 1. The van der Waals surface area contributed by atoms with Gasteiger partial charge in [-0.25, -0.2) is 0 Å². The van der Waals surface area contributed by atoms with Gasteiger partial charge in [0.15, 0.2) is 0 Å². The minimum absolute atomic E-state index is 0.232. The molecule has 0 saturated heterocycles. The molecule has 0 aromatic heterocycles. The number of rotatable bonds is 3. The van der Waals surface area contributed by atoms with Crippen LogP contribution < -0.4 is 5.73 Å². The van der Waals surface area contributed by atoms with Gasteiger partial charge < -0.3 is 5.73 Å². The molecule has 60 valence electrons. The summed E-state index contributed by atoms with van der Waals surface area (Å²) in [5, 5.41) is 0. The number of halogens is 3. The van der Waals surface area contributed by atoms with Gasteiger partial charge in [-0.2, -0.15) is 13.2 Å². The number of thioether (sulfide) groups is 1. The maximum atomic E-state index is 11.3. The SMILES string of the molecule is NC(=O)CCSC(F)(F)F. The molecular formula is C4H6F3NOS. The van der Waals surface area contributed by atoms with Crippen LogP contribution in [0.5, 0.6) is 0 Å². The molecule has 0 aromatic rings. The van der Waals surface area contributed by atoms with Gasteiger partial charge in [0, 0.05) is 12.2 Å². The molecule has 0 aliphatic carbocycles. The van der Waals surface area contributed by atoms with Crippen LogP contribution in [0.3, 0.4) is 0 Å². The molecule has 0 heterocycles. The Morgan fingerprint density at radius 2 is 2.00 bits per heavy atom. The molecule has 0 saturated carbocycles. The maximum Gasteiger partial charge on any atom is 0.441 e. The lowest BCUT2D eigenvalue weighted by Gasteiger charge is -2.02. The summed E-state index contributed by atoms with van der Waals surface area (Å²) < 4.78 is 34.0. The average molecular weight is 173 g/mol. The van der Waals surface area contributed by atoms with Crippen molar-refractivity contribution in [1.29, 1.82) is 0 Å². The van der Waals surface area contributed by atoms with Crippen LogP contribution in [0.4, 0.5) is 13.2 Å². The van der Waals surface area contributed by atoms with Gasteiger partial charge in [-0.05, 0) is 0 Å². The first-order chi connectivity index (χ1) is 4.42. The molecule has 0 atom stereocenters. The lowest BCUT2D eigenvalue weighted by Crippen LogP contribution is -2.12. The highest BCUT2D eigenvalue weighted by molar-refractivity contribution is 8.00. The van der Waals surface area contributed by atoms with Crippen molar-refractivity contribution in [3.8, 4) is 0 Å². The standard InChI is InChI=1S/C4H6F3NOS/c5-4(6,7)10-2-1-3(8)9/h1-2H2,(H2,8,9). The summed E-state index contributed by atoms with van der Waals surface area (Å²) in [5.74, 6) is -1.00. The largest absolute Gasteiger partial charge is 0.441 e. The summed E-state index contributed by atoms with van der Waals surface area (Å²) >= 11 is -0.239. The highest BCUT2D eigenvalue weighted by Crippen LogP contribution is 2.30. The normalized spacial score (nSPS) is 11.5. The molecule has 0 spiro atoms. The Bertz CT molecular complexity index is 124. The van der Waals surface area contributed by atoms with Crippen molar-refractivity contribution in [2.45, 2.75) is 11.9 Å². The predicted octanol–water partition coefficient (Wildman–Crippen LogP) is 1.11. The molecule has 1 amide bonds. The van der Waals surface area contributed by atoms with E-state index in [1.165, 1.54) is 0 Å². The number of alkyl halides is 3. The monoisotopic (exact) mass is 173 g/mol. The molecule has 0 radical (unpaired) electrons. The number of nitrogens with two attached hydrogens (primary N) is 1. The van der Waals surface area contributed by atoms with E-state index in [4.69, 9.17) is 0 Å². The highest BCUT2D eigenvalue weighted by Gasteiger charge is 2.27. The van der Waals surface area contributed by atoms with E-state index in [0.29, 0.717) is 0 Å². The first-order valence-corrected chi connectivity index (χ1v) is 3.39. The number of carbonyl (C=O) groups is 1. The maximum absolute atomic E-state index is 11.3. The molecule has 0 rings (SSSR count). The topological polar surface area (TPSA) is 43.1 Å². The summed E-state index contributed by atoms with van der Waals surface area (Å²) in [6.07, 6.45) is -0.232. The fourth-order valence-electron chi connectivity index (χ4n) is 0.267. The second kappa shape index (κ2) is 3.70. The van der Waals surface area contributed by atoms with Crippen LogP contribution in [-0.2, 0) is 4.79 Å². The van der Waals surface area contributed by atoms with E-state index in [0.717, 1.165) is 0 Å². The van der Waals surface area contributed by atoms with E-state index in [2.05, 4.69) is 5.73 Å². The van der Waals surface area contributed by atoms with Crippen molar-refractivity contribution in [2.24, 2.45) is 5.73 Å². The molecule has 0 aliphatic heterocycles. The van der Waals surface area contributed by atoms with Crippen molar-refractivity contribution >= 4 is 17.7 Å². The lowest BCUT2D eigenvalue weighted by atomic mass is 10.5. The molecule has 2 nitrogen and oxygen atoms in total. The van der Waals surface area contributed by atoms with Crippen LogP contribution in [0, 0.1) is 0 Å². The molecular weight excluding hydrogens is 167 g/mol. The summed E-state index contributed by atoms with van der Waals surface area (Å²) in [5.41, 5.74) is 0.348. The minimum Gasteiger partial charge on any atom is -0.370 e. The summed E-state index contributed by atoms with van der Waals surface area (Å²) in [6, 6.07) is 0. The Kier molecular flexibility index (Phi) is 3.55. The van der Waals surface area contributed by atoms with E-state index in [9.17, 15) is 18.0 Å². The van der Waals surface area contributed by atoms with Crippen LogP contribution in [0.1, 0.15) is 6.42 Å². The van der Waals surface area contributed by atoms with Crippen LogP contribution >= 0.6 is 11.8 Å². The van der Waals surface area contributed by atoms with E-state index in [1.54, 1.807) is 0 Å². The first kappa shape index (κ1) is 9.61. The van der Waals surface area contributed by atoms with E-state index in [-0.39, 0.29) is 23.9 Å². The fraction of sp³-hybridized carbons (Fsp3) is 0.750. The molecule has 0 fully saturated rings. The Labute approximate surface area is 60.0 Å². The Morgan fingerprint density at radius 3 is 2.30 bits per heavy atom. The highest BCUT2D eigenvalue weighted by atomic mass is 32.2. The van der Waals surface area contributed by atoms with Gasteiger partial charge in [0.05, 0.1) is 0 Å². The van der Waals surface area contributed by atoms with Crippen molar-refractivity contribution in [3.63, 3.8) is 0 Å². The number of hydrogen-bond acceptors (Lipinski definition) is 2. The Morgan fingerprint density at radius 1 is 1.50 bits per heavy atom. The quantitative estimate of drug-likeness (QED) is 0.694. The molecule has 6 heteroatoms. The van der Waals surface area contributed by atoms with Gasteiger partial charge in [0.2, 0.25) is 5.91 Å². The molecule has 10 heavy (non-hydrogen) atoms. The van der Waals surface area contributed by atoms with Crippen molar-refractivity contribution in [2.75, 3.05) is 5.75 Å². The Balaban J connectivity index is 3.29. The van der Waals surface area contributed by atoms with Crippen LogP contribution in [0.15, 0.2) is 0 Å². The van der Waals surface area contributed by atoms with Gasteiger partial charge in [-0.15, -0.1) is 0 Å². The van der Waals surface area contributed by atoms with Crippen molar-refractivity contribution < 1.29 is 18.0 Å². The number of hydrogen-bond donors (Lipinski definition) is 1. The zero-order valence-electron chi connectivity index (χ0n) is 4.94. The van der Waals surface area contributed by atoms with Crippen LogP contribution in [0.2, 0.25) is 0 Å². The van der Waals surface area contributed by atoms with Gasteiger partial charge in [-0.1, -0.05) is 11.8 Å². The fourth-order valence-corrected chi connectivity index (χ4v) is 0.802. The van der Waals surface area contributed by atoms with Gasteiger partial charge in [-0.3, -0.25) is 4.79 Å². The predicted molar refractivity (Wildman–Crippen MR) is 32.3 cm³/mol. The first-order valence-electron chi connectivity index (χ1n) is 2.41. The smallest absolute Gasteiger partial charge is 0.370 e. The summed E-state index contributed by atoms with van der Waals surface area (Å²) in [6.45, 7) is 0. The second-order valence-corrected chi connectivity index (χ2v) is 2.67. The van der Waals surface area contributed by atoms with Gasteiger partial charge in [0.25, 0.3) is 0 Å². The third-order valence-electron chi connectivity index (χ3n) is 0.614. The molecule has 0 aromatic carbocycles. The minimum atomic E-state index is -4.25. The van der Waals surface area contributed by atoms with Crippen LogP contribution in [-0.4, -0.2) is 17.2 Å². The zero-order chi connectivity index (χ0) is 8.20.